The maximum Gasteiger partial charge on any atom is 0.193 e. The van der Waals surface area contributed by atoms with E-state index in [1.54, 1.807) is 0 Å². The molecule has 1 fully saturated rings. The molecule has 0 spiro atoms. The molecular formula is C20H28IN7. The van der Waals surface area contributed by atoms with Gasteiger partial charge in [0.25, 0.3) is 0 Å². The van der Waals surface area contributed by atoms with E-state index < -0.39 is 0 Å². The van der Waals surface area contributed by atoms with E-state index in [0.717, 1.165) is 44.1 Å². The highest BCUT2D eigenvalue weighted by molar-refractivity contribution is 14.0. The molecule has 7 nitrogen and oxygen atoms in total. The van der Waals surface area contributed by atoms with Crippen LogP contribution in [0.3, 0.4) is 0 Å². The molecule has 0 amide bonds. The van der Waals surface area contributed by atoms with E-state index in [-0.39, 0.29) is 24.0 Å². The average molecular weight is 493 g/mol. The van der Waals surface area contributed by atoms with Crippen LogP contribution < -0.4 is 5.32 Å². The highest BCUT2D eigenvalue weighted by Crippen LogP contribution is 2.27. The molecule has 0 bridgehead atoms. The van der Waals surface area contributed by atoms with Crippen LogP contribution in [-0.2, 0) is 6.42 Å². The largest absolute Gasteiger partial charge is 0.356 e. The molecule has 3 aromatic rings. The number of H-pyrrole nitrogens is 1. The summed E-state index contributed by atoms with van der Waals surface area (Å²) >= 11 is 0. The lowest BCUT2D eigenvalue weighted by molar-refractivity contribution is 0.189. The molecule has 8 heteroatoms. The predicted molar refractivity (Wildman–Crippen MR) is 123 cm³/mol. The molecule has 2 atom stereocenters. The number of aliphatic imine (C=N–C) groups is 1. The number of rotatable bonds is 4. The topological polar surface area (TPSA) is 74.1 Å². The smallest absolute Gasteiger partial charge is 0.193 e. The maximum absolute atomic E-state index is 4.52. The summed E-state index contributed by atoms with van der Waals surface area (Å²) in [5, 5.41) is 4.74. The van der Waals surface area contributed by atoms with Crippen molar-refractivity contribution in [3.63, 3.8) is 0 Å². The molecule has 2 unspecified atom stereocenters. The van der Waals surface area contributed by atoms with Crippen LogP contribution in [-0.4, -0.2) is 57.1 Å². The molecule has 150 valence electrons. The minimum absolute atomic E-state index is 0. The van der Waals surface area contributed by atoms with E-state index in [2.05, 4.69) is 60.1 Å². The normalized spacial score (nSPS) is 20.2. The number of piperidine rings is 1. The molecular weight excluding hydrogens is 465 g/mol. The van der Waals surface area contributed by atoms with Gasteiger partial charge in [0.1, 0.15) is 5.65 Å². The maximum atomic E-state index is 4.52. The van der Waals surface area contributed by atoms with Crippen LogP contribution in [0, 0.1) is 5.92 Å². The Balaban J connectivity index is 0.00000225. The quantitative estimate of drug-likeness (QED) is 0.333. The Hall–Kier alpha value is -2.10. The number of fused-ring (bicyclic) bond motifs is 1. The molecule has 4 rings (SSSR count). The predicted octanol–water partition coefficient (Wildman–Crippen LogP) is 3.08. The Labute approximate surface area is 182 Å². The SMILES string of the molecule is CN=C(NCCc1c[nH]c2ncccc12)N1CCC(C)C(n2ccnc2)C1.I. The van der Waals surface area contributed by atoms with Crippen LogP contribution in [0.2, 0.25) is 0 Å². The zero-order chi connectivity index (χ0) is 18.6. The van der Waals surface area contributed by atoms with Crippen LogP contribution in [0.25, 0.3) is 11.0 Å². The van der Waals surface area contributed by atoms with Gasteiger partial charge < -0.3 is 19.8 Å². The number of pyridine rings is 1. The summed E-state index contributed by atoms with van der Waals surface area (Å²) in [6, 6.07) is 4.53. The second kappa shape index (κ2) is 9.40. The van der Waals surface area contributed by atoms with E-state index in [9.17, 15) is 0 Å². The summed E-state index contributed by atoms with van der Waals surface area (Å²) in [5.74, 6) is 1.61. The van der Waals surface area contributed by atoms with Gasteiger partial charge in [-0.1, -0.05) is 6.92 Å². The van der Waals surface area contributed by atoms with Crippen molar-refractivity contribution in [2.24, 2.45) is 10.9 Å². The lowest BCUT2D eigenvalue weighted by atomic mass is 9.93. The van der Waals surface area contributed by atoms with Crippen LogP contribution in [0.15, 0.2) is 48.2 Å². The van der Waals surface area contributed by atoms with Crippen LogP contribution >= 0.6 is 24.0 Å². The van der Waals surface area contributed by atoms with Gasteiger partial charge in [-0.2, -0.15) is 0 Å². The molecule has 2 N–H and O–H groups in total. The van der Waals surface area contributed by atoms with Crippen molar-refractivity contribution in [1.82, 2.24) is 29.7 Å². The molecule has 3 aromatic heterocycles. The second-order valence-electron chi connectivity index (χ2n) is 7.23. The first-order valence-corrected chi connectivity index (χ1v) is 9.60. The van der Waals surface area contributed by atoms with Gasteiger partial charge in [-0.15, -0.1) is 24.0 Å². The van der Waals surface area contributed by atoms with Crippen LogP contribution in [0.5, 0.6) is 0 Å². The molecule has 1 aliphatic heterocycles. The number of aromatic amines is 1. The first-order valence-electron chi connectivity index (χ1n) is 9.60. The lowest BCUT2D eigenvalue weighted by Gasteiger charge is -2.39. The van der Waals surface area contributed by atoms with E-state index in [0.29, 0.717) is 12.0 Å². The molecule has 4 heterocycles. The summed E-state index contributed by atoms with van der Waals surface area (Å²) in [6.45, 7) is 5.15. The van der Waals surface area contributed by atoms with Crippen LogP contribution in [0.4, 0.5) is 0 Å². The lowest BCUT2D eigenvalue weighted by Crippen LogP contribution is -2.49. The van der Waals surface area contributed by atoms with Crippen molar-refractivity contribution in [3.8, 4) is 0 Å². The van der Waals surface area contributed by atoms with Gasteiger partial charge in [0, 0.05) is 56.9 Å². The molecule has 1 saturated heterocycles. The van der Waals surface area contributed by atoms with Crippen molar-refractivity contribution in [1.29, 1.82) is 0 Å². The number of nitrogens with one attached hydrogen (secondary N) is 2. The zero-order valence-electron chi connectivity index (χ0n) is 16.4. The number of imidazole rings is 1. The molecule has 0 saturated carbocycles. The number of hydrogen-bond acceptors (Lipinski definition) is 3. The average Bonchev–Trinajstić information content (AvgIpc) is 3.36. The first-order chi connectivity index (χ1) is 13.3. The van der Waals surface area contributed by atoms with Gasteiger partial charge >= 0.3 is 0 Å². The van der Waals surface area contributed by atoms with Gasteiger partial charge in [0.15, 0.2) is 5.96 Å². The fraction of sp³-hybridized carbons (Fsp3) is 0.450. The van der Waals surface area contributed by atoms with Crippen molar-refractivity contribution in [3.05, 3.63) is 48.8 Å². The number of halogens is 1. The number of hydrogen-bond donors (Lipinski definition) is 2. The third kappa shape index (κ3) is 4.31. The summed E-state index contributed by atoms with van der Waals surface area (Å²) < 4.78 is 2.23. The third-order valence-electron chi connectivity index (χ3n) is 5.55. The molecule has 0 aliphatic carbocycles. The summed E-state index contributed by atoms with van der Waals surface area (Å²) in [7, 11) is 1.86. The molecule has 1 aliphatic rings. The van der Waals surface area contributed by atoms with E-state index in [4.69, 9.17) is 0 Å². The fourth-order valence-electron chi connectivity index (χ4n) is 3.96. The zero-order valence-corrected chi connectivity index (χ0v) is 18.7. The number of likely N-dealkylation sites (tertiary alicyclic amines) is 1. The van der Waals surface area contributed by atoms with Gasteiger partial charge in [-0.3, -0.25) is 4.99 Å². The highest BCUT2D eigenvalue weighted by Gasteiger charge is 2.28. The van der Waals surface area contributed by atoms with Crippen molar-refractivity contribution >= 4 is 41.0 Å². The Morgan fingerprint density at radius 2 is 2.29 bits per heavy atom. The Morgan fingerprint density at radius 3 is 3.07 bits per heavy atom. The van der Waals surface area contributed by atoms with Crippen LogP contribution in [0.1, 0.15) is 24.9 Å². The van der Waals surface area contributed by atoms with Gasteiger partial charge in [0.2, 0.25) is 0 Å². The van der Waals surface area contributed by atoms with Gasteiger partial charge in [-0.25, -0.2) is 9.97 Å². The van der Waals surface area contributed by atoms with Gasteiger partial charge in [0.05, 0.1) is 12.4 Å². The second-order valence-corrected chi connectivity index (χ2v) is 7.23. The summed E-state index contributed by atoms with van der Waals surface area (Å²) in [6.07, 6.45) is 11.8. The first kappa shape index (κ1) is 20.6. The summed E-state index contributed by atoms with van der Waals surface area (Å²) in [4.78, 5) is 18.7. The monoisotopic (exact) mass is 493 g/mol. The number of aromatic nitrogens is 4. The Bertz CT molecular complexity index is 902. The fourth-order valence-corrected chi connectivity index (χ4v) is 3.96. The minimum Gasteiger partial charge on any atom is -0.356 e. The van der Waals surface area contributed by atoms with Crippen molar-refractivity contribution in [2.75, 3.05) is 26.7 Å². The van der Waals surface area contributed by atoms with E-state index in [1.165, 1.54) is 10.9 Å². The van der Waals surface area contributed by atoms with Crippen molar-refractivity contribution < 1.29 is 0 Å². The molecule has 0 radical (unpaired) electrons. The number of guanidine groups is 1. The molecule has 0 aromatic carbocycles. The highest BCUT2D eigenvalue weighted by atomic mass is 127. The van der Waals surface area contributed by atoms with E-state index in [1.807, 2.05) is 31.8 Å². The molecule has 28 heavy (non-hydrogen) atoms. The minimum atomic E-state index is 0. The summed E-state index contributed by atoms with van der Waals surface area (Å²) in [5.41, 5.74) is 2.23. The Kier molecular flexibility index (Phi) is 6.93. The third-order valence-corrected chi connectivity index (χ3v) is 5.55. The van der Waals surface area contributed by atoms with E-state index >= 15 is 0 Å². The number of nitrogens with zero attached hydrogens (tertiary/aromatic N) is 5. The Morgan fingerprint density at radius 1 is 1.39 bits per heavy atom. The van der Waals surface area contributed by atoms with Gasteiger partial charge in [-0.05, 0) is 36.5 Å². The standard InChI is InChI=1S/C20H27N7.HI/c1-15-6-10-26(13-18(15)27-11-9-22-14-27)20(21-2)24-8-5-16-12-25-19-17(16)4-3-7-23-19;/h3-4,7,9,11-12,14-15,18H,5-6,8,10,13H2,1-2H3,(H,21,24)(H,23,25);1H. The van der Waals surface area contributed by atoms with Crippen molar-refractivity contribution in [2.45, 2.75) is 25.8 Å².